The molecule has 1 heterocycles. The van der Waals surface area contributed by atoms with Gasteiger partial charge in [0.1, 0.15) is 5.82 Å². The largest absolute Gasteiger partial charge is 0.418 e. The second-order valence-electron chi connectivity index (χ2n) is 4.14. The Morgan fingerprint density at radius 2 is 2.00 bits per heavy atom. The maximum Gasteiger partial charge on any atom is 0.418 e. The van der Waals surface area contributed by atoms with Crippen LogP contribution in [0.5, 0.6) is 0 Å². The van der Waals surface area contributed by atoms with Crippen LogP contribution in [0.15, 0.2) is 34.9 Å². The molecule has 3 nitrogen and oxygen atoms in total. The minimum atomic E-state index is -4.40. The van der Waals surface area contributed by atoms with Crippen LogP contribution < -0.4 is 5.32 Å². The highest BCUT2D eigenvalue weighted by atomic mass is 79.9. The molecule has 0 bridgehead atoms. The third-order valence-electron chi connectivity index (χ3n) is 2.58. The van der Waals surface area contributed by atoms with E-state index in [2.05, 4.69) is 31.2 Å². The highest BCUT2D eigenvalue weighted by Gasteiger charge is 2.33. The van der Waals surface area contributed by atoms with Crippen molar-refractivity contribution in [3.63, 3.8) is 0 Å². The molecule has 2 aromatic rings. The Morgan fingerprint density at radius 3 is 2.65 bits per heavy atom. The summed E-state index contributed by atoms with van der Waals surface area (Å²) in [4.78, 5) is 8.08. The van der Waals surface area contributed by atoms with E-state index in [1.54, 1.807) is 19.2 Å². The Kier molecular flexibility index (Phi) is 4.27. The number of hydrogen-bond acceptors (Lipinski definition) is 3. The average molecular weight is 346 g/mol. The zero-order valence-corrected chi connectivity index (χ0v) is 12.1. The molecule has 1 aromatic heterocycles. The predicted molar refractivity (Wildman–Crippen MR) is 73.2 cm³/mol. The van der Waals surface area contributed by atoms with Crippen molar-refractivity contribution in [1.82, 2.24) is 9.97 Å². The number of hydrogen-bond donors (Lipinski definition) is 1. The first-order chi connectivity index (χ1) is 9.36. The van der Waals surface area contributed by atoms with Crippen LogP contribution in [0.1, 0.15) is 17.1 Å². The van der Waals surface area contributed by atoms with Crippen molar-refractivity contribution in [2.24, 2.45) is 0 Å². The van der Waals surface area contributed by atoms with Crippen LogP contribution in [0, 0.1) is 6.92 Å². The highest BCUT2D eigenvalue weighted by Crippen LogP contribution is 2.36. The number of alkyl halides is 3. The summed E-state index contributed by atoms with van der Waals surface area (Å²) in [7, 11) is 0. The topological polar surface area (TPSA) is 37.8 Å². The molecule has 1 aromatic carbocycles. The number of anilines is 1. The lowest BCUT2D eigenvalue weighted by Gasteiger charge is -2.14. The van der Waals surface area contributed by atoms with Gasteiger partial charge >= 0.3 is 6.18 Å². The van der Waals surface area contributed by atoms with Gasteiger partial charge in [0.2, 0.25) is 0 Å². The number of aryl methyl sites for hydroxylation is 1. The molecule has 0 unspecified atom stereocenters. The standard InChI is InChI=1S/C13H11BrF3N3/c1-8-18-5-4-10(20-8)7-19-12-6-9(14)2-3-11(12)13(15,16)17/h2-6,19H,7H2,1H3. The second-order valence-corrected chi connectivity index (χ2v) is 5.05. The van der Waals surface area contributed by atoms with E-state index in [1.165, 1.54) is 12.1 Å². The van der Waals surface area contributed by atoms with Crippen LogP contribution in [0.25, 0.3) is 0 Å². The molecule has 0 saturated carbocycles. The molecule has 2 rings (SSSR count). The van der Waals surface area contributed by atoms with Crippen LogP contribution in [0.3, 0.4) is 0 Å². The van der Waals surface area contributed by atoms with Gasteiger partial charge in [-0.15, -0.1) is 0 Å². The van der Waals surface area contributed by atoms with Crippen LogP contribution in [0.4, 0.5) is 18.9 Å². The molecule has 0 aliphatic heterocycles. The first kappa shape index (κ1) is 14.8. The molecule has 0 spiro atoms. The molecule has 0 fully saturated rings. The fraction of sp³-hybridized carbons (Fsp3) is 0.231. The molecule has 1 N–H and O–H groups in total. The van der Waals surface area contributed by atoms with E-state index in [9.17, 15) is 13.2 Å². The Balaban J connectivity index is 2.22. The molecule has 106 valence electrons. The Hall–Kier alpha value is -1.63. The predicted octanol–water partition coefficient (Wildman–Crippen LogP) is 4.18. The lowest BCUT2D eigenvalue weighted by Crippen LogP contribution is -2.11. The van der Waals surface area contributed by atoms with Crippen molar-refractivity contribution in [3.8, 4) is 0 Å². The summed E-state index contributed by atoms with van der Waals surface area (Å²) in [6, 6.07) is 5.46. The minimum absolute atomic E-state index is 0.0168. The lowest BCUT2D eigenvalue weighted by molar-refractivity contribution is -0.137. The normalized spacial score (nSPS) is 11.4. The van der Waals surface area contributed by atoms with Crippen LogP contribution in [0.2, 0.25) is 0 Å². The summed E-state index contributed by atoms with van der Waals surface area (Å²) in [6.45, 7) is 1.92. The van der Waals surface area contributed by atoms with Crippen molar-refractivity contribution in [2.75, 3.05) is 5.32 Å². The van der Waals surface area contributed by atoms with Crippen molar-refractivity contribution in [2.45, 2.75) is 19.6 Å². The average Bonchev–Trinajstić information content (AvgIpc) is 2.35. The molecule has 0 saturated heterocycles. The van der Waals surface area contributed by atoms with Gasteiger partial charge in [0.25, 0.3) is 0 Å². The second kappa shape index (κ2) is 5.78. The quantitative estimate of drug-likeness (QED) is 0.906. The van der Waals surface area contributed by atoms with E-state index in [0.29, 0.717) is 16.0 Å². The number of halogens is 4. The smallest absolute Gasteiger partial charge is 0.379 e. The van der Waals surface area contributed by atoms with Gasteiger partial charge in [-0.05, 0) is 31.2 Å². The fourth-order valence-corrected chi connectivity index (χ4v) is 2.06. The summed E-state index contributed by atoms with van der Waals surface area (Å²) in [5.41, 5.74) is -0.0554. The number of rotatable bonds is 3. The Morgan fingerprint density at radius 1 is 1.25 bits per heavy atom. The van der Waals surface area contributed by atoms with E-state index in [4.69, 9.17) is 0 Å². The summed E-state index contributed by atoms with van der Waals surface area (Å²) >= 11 is 3.17. The van der Waals surface area contributed by atoms with Gasteiger partial charge in [0.15, 0.2) is 0 Å². The molecule has 0 aliphatic carbocycles. The van der Waals surface area contributed by atoms with Crippen molar-refractivity contribution in [1.29, 1.82) is 0 Å². The lowest BCUT2D eigenvalue weighted by atomic mass is 10.1. The van der Waals surface area contributed by atoms with Gasteiger partial charge in [-0.25, -0.2) is 9.97 Å². The monoisotopic (exact) mass is 345 g/mol. The van der Waals surface area contributed by atoms with E-state index in [0.717, 1.165) is 6.07 Å². The summed E-state index contributed by atoms with van der Waals surface area (Å²) < 4.78 is 39.2. The number of aromatic nitrogens is 2. The first-order valence-electron chi connectivity index (χ1n) is 5.75. The van der Waals surface area contributed by atoms with Gasteiger partial charge in [0, 0.05) is 16.4 Å². The third-order valence-corrected chi connectivity index (χ3v) is 3.07. The van der Waals surface area contributed by atoms with Gasteiger partial charge in [-0.1, -0.05) is 15.9 Å². The van der Waals surface area contributed by atoms with E-state index < -0.39 is 11.7 Å². The fourth-order valence-electron chi connectivity index (χ4n) is 1.70. The van der Waals surface area contributed by atoms with Gasteiger partial charge in [0.05, 0.1) is 17.8 Å². The summed E-state index contributed by atoms with van der Waals surface area (Å²) in [5, 5.41) is 2.76. The number of benzene rings is 1. The Bertz CT molecular complexity index is 614. The van der Waals surface area contributed by atoms with Crippen LogP contribution in [-0.2, 0) is 12.7 Å². The number of nitrogens with zero attached hydrogens (tertiary/aromatic N) is 2. The molecule has 0 atom stereocenters. The Labute approximate surface area is 122 Å². The molecule has 0 radical (unpaired) electrons. The van der Waals surface area contributed by atoms with Gasteiger partial charge < -0.3 is 5.32 Å². The maximum atomic E-state index is 12.9. The molecule has 0 amide bonds. The van der Waals surface area contributed by atoms with Gasteiger partial charge in [-0.2, -0.15) is 13.2 Å². The van der Waals surface area contributed by atoms with Gasteiger partial charge in [-0.3, -0.25) is 0 Å². The van der Waals surface area contributed by atoms with E-state index >= 15 is 0 Å². The zero-order chi connectivity index (χ0) is 14.8. The molecule has 0 aliphatic rings. The van der Waals surface area contributed by atoms with Crippen molar-refractivity contribution in [3.05, 3.63) is 52.0 Å². The minimum Gasteiger partial charge on any atom is -0.379 e. The number of nitrogens with one attached hydrogen (secondary N) is 1. The molecular weight excluding hydrogens is 335 g/mol. The summed E-state index contributed by atoms with van der Waals surface area (Å²) in [6.07, 6.45) is -2.82. The van der Waals surface area contributed by atoms with E-state index in [-0.39, 0.29) is 12.2 Å². The van der Waals surface area contributed by atoms with E-state index in [1.807, 2.05) is 0 Å². The maximum absolute atomic E-state index is 12.9. The van der Waals surface area contributed by atoms with Crippen LogP contribution in [-0.4, -0.2) is 9.97 Å². The third kappa shape index (κ3) is 3.69. The van der Waals surface area contributed by atoms with Crippen molar-refractivity contribution < 1.29 is 13.2 Å². The molecule has 7 heteroatoms. The summed E-state index contributed by atoms with van der Waals surface area (Å²) in [5.74, 6) is 0.578. The highest BCUT2D eigenvalue weighted by molar-refractivity contribution is 9.10. The first-order valence-corrected chi connectivity index (χ1v) is 6.55. The molecule has 20 heavy (non-hydrogen) atoms. The SMILES string of the molecule is Cc1nccc(CNc2cc(Br)ccc2C(F)(F)F)n1. The molecular formula is C13H11BrF3N3. The zero-order valence-electron chi connectivity index (χ0n) is 10.5. The van der Waals surface area contributed by atoms with Crippen molar-refractivity contribution >= 4 is 21.6 Å². The van der Waals surface area contributed by atoms with Crippen LogP contribution >= 0.6 is 15.9 Å².